The molecule has 0 bridgehead atoms. The third-order valence-corrected chi connectivity index (χ3v) is 3.14. The van der Waals surface area contributed by atoms with Crippen LogP contribution >= 0.6 is 23.2 Å². The van der Waals surface area contributed by atoms with Gasteiger partial charge in [0.05, 0.1) is 15.6 Å². The fourth-order valence-corrected chi connectivity index (χ4v) is 1.88. The third kappa shape index (κ3) is 3.36. The maximum Gasteiger partial charge on any atom is 0.252 e. The number of benzene rings is 1. The maximum atomic E-state index is 11.9. The molecule has 0 saturated carbocycles. The van der Waals surface area contributed by atoms with Gasteiger partial charge in [-0.25, -0.2) is 0 Å². The molecule has 0 fully saturated rings. The summed E-state index contributed by atoms with van der Waals surface area (Å²) in [6.45, 7) is 0.348. The molecule has 19 heavy (non-hydrogen) atoms. The van der Waals surface area contributed by atoms with Gasteiger partial charge in [0.25, 0.3) is 5.91 Å². The molecule has 2 rings (SSSR count). The molecular formula is C11H10Cl2N4O2. The summed E-state index contributed by atoms with van der Waals surface area (Å²) in [5, 5.41) is 6.72. The van der Waals surface area contributed by atoms with E-state index in [-0.39, 0.29) is 21.5 Å². The molecule has 1 heterocycles. The van der Waals surface area contributed by atoms with Crippen molar-refractivity contribution in [3.8, 4) is 0 Å². The standard InChI is InChI=1S/C11H10Cl2N4O2/c12-8-4-6(14)3-7(10(8)13)11(18)15-2-1-9-16-5-19-17-9/h3-5H,1-2,14H2,(H,15,18). The number of rotatable bonds is 4. The lowest BCUT2D eigenvalue weighted by molar-refractivity contribution is 0.0954. The molecule has 0 aliphatic carbocycles. The minimum absolute atomic E-state index is 0.174. The Hall–Kier alpha value is -1.79. The van der Waals surface area contributed by atoms with E-state index in [1.165, 1.54) is 18.5 Å². The lowest BCUT2D eigenvalue weighted by Crippen LogP contribution is -2.26. The Kier molecular flexibility index (Phi) is 4.24. The summed E-state index contributed by atoms with van der Waals surface area (Å²) in [6, 6.07) is 2.96. The number of carbonyl (C=O) groups excluding carboxylic acids is 1. The Morgan fingerprint density at radius 1 is 1.42 bits per heavy atom. The molecule has 0 aliphatic heterocycles. The van der Waals surface area contributed by atoms with Crippen molar-refractivity contribution in [2.24, 2.45) is 0 Å². The van der Waals surface area contributed by atoms with Crippen LogP contribution < -0.4 is 11.1 Å². The topological polar surface area (TPSA) is 94.0 Å². The smallest absolute Gasteiger partial charge is 0.252 e. The fraction of sp³-hybridized carbons (Fsp3) is 0.182. The number of hydrogen-bond acceptors (Lipinski definition) is 5. The first kappa shape index (κ1) is 13.6. The number of nitrogens with two attached hydrogens (primary N) is 1. The van der Waals surface area contributed by atoms with Crippen LogP contribution in [-0.2, 0) is 6.42 Å². The number of aromatic nitrogens is 2. The molecule has 8 heteroatoms. The normalized spacial score (nSPS) is 10.4. The van der Waals surface area contributed by atoms with Gasteiger partial charge in [0.15, 0.2) is 5.82 Å². The number of nitrogen functional groups attached to an aromatic ring is 1. The van der Waals surface area contributed by atoms with Crippen LogP contribution in [0.5, 0.6) is 0 Å². The van der Waals surface area contributed by atoms with Crippen molar-refractivity contribution in [2.75, 3.05) is 12.3 Å². The molecule has 0 spiro atoms. The van der Waals surface area contributed by atoms with E-state index in [1.807, 2.05) is 0 Å². The second-order valence-electron chi connectivity index (χ2n) is 3.72. The average Bonchev–Trinajstić information content (AvgIpc) is 2.86. The molecule has 3 N–H and O–H groups in total. The maximum absolute atomic E-state index is 11.9. The first-order valence-electron chi connectivity index (χ1n) is 5.36. The zero-order chi connectivity index (χ0) is 13.8. The highest BCUT2D eigenvalue weighted by atomic mass is 35.5. The van der Waals surface area contributed by atoms with Crippen molar-refractivity contribution >= 4 is 34.8 Å². The molecule has 6 nitrogen and oxygen atoms in total. The Morgan fingerprint density at radius 2 is 2.21 bits per heavy atom. The largest absolute Gasteiger partial charge is 0.399 e. The number of halogens is 2. The van der Waals surface area contributed by atoms with Gasteiger partial charge in [-0.2, -0.15) is 4.98 Å². The van der Waals surface area contributed by atoms with E-state index in [0.717, 1.165) is 0 Å². The van der Waals surface area contributed by atoms with Gasteiger partial charge < -0.3 is 15.6 Å². The second kappa shape index (κ2) is 5.90. The number of amides is 1. The van der Waals surface area contributed by atoms with Crippen LogP contribution in [0.1, 0.15) is 16.2 Å². The van der Waals surface area contributed by atoms with E-state index < -0.39 is 0 Å². The molecule has 0 atom stereocenters. The molecule has 2 aromatic rings. The van der Waals surface area contributed by atoms with E-state index in [0.29, 0.717) is 24.5 Å². The number of nitrogens with one attached hydrogen (secondary N) is 1. The molecule has 0 radical (unpaired) electrons. The van der Waals surface area contributed by atoms with Crippen molar-refractivity contribution in [3.63, 3.8) is 0 Å². The number of anilines is 1. The van der Waals surface area contributed by atoms with Crippen LogP contribution in [-0.4, -0.2) is 22.6 Å². The van der Waals surface area contributed by atoms with E-state index in [2.05, 4.69) is 20.0 Å². The van der Waals surface area contributed by atoms with Gasteiger partial charge in [0.1, 0.15) is 0 Å². The van der Waals surface area contributed by atoms with E-state index in [1.54, 1.807) is 0 Å². The monoisotopic (exact) mass is 300 g/mol. The van der Waals surface area contributed by atoms with E-state index in [4.69, 9.17) is 28.9 Å². The van der Waals surface area contributed by atoms with Crippen LogP contribution in [0.3, 0.4) is 0 Å². The van der Waals surface area contributed by atoms with Gasteiger partial charge in [-0.1, -0.05) is 28.4 Å². The van der Waals surface area contributed by atoms with Crippen molar-refractivity contribution in [1.29, 1.82) is 0 Å². The number of hydrogen-bond donors (Lipinski definition) is 2. The molecule has 0 unspecified atom stereocenters. The molecular weight excluding hydrogens is 291 g/mol. The molecule has 100 valence electrons. The van der Waals surface area contributed by atoms with Gasteiger partial charge in [-0.05, 0) is 12.1 Å². The molecule has 1 aromatic carbocycles. The molecule has 0 aliphatic rings. The Labute approximate surface area is 118 Å². The minimum Gasteiger partial charge on any atom is -0.399 e. The first-order valence-corrected chi connectivity index (χ1v) is 6.11. The van der Waals surface area contributed by atoms with Crippen LogP contribution in [0, 0.1) is 0 Å². The quantitative estimate of drug-likeness (QED) is 0.841. The molecule has 0 saturated heterocycles. The van der Waals surface area contributed by atoms with Gasteiger partial charge in [-0.3, -0.25) is 4.79 Å². The second-order valence-corrected chi connectivity index (χ2v) is 4.50. The average molecular weight is 301 g/mol. The van der Waals surface area contributed by atoms with E-state index in [9.17, 15) is 4.79 Å². The Balaban J connectivity index is 2.00. The van der Waals surface area contributed by atoms with Crippen LogP contribution in [0.25, 0.3) is 0 Å². The van der Waals surface area contributed by atoms with Gasteiger partial charge in [0, 0.05) is 18.7 Å². The summed E-state index contributed by atoms with van der Waals surface area (Å²) in [5.41, 5.74) is 6.23. The summed E-state index contributed by atoms with van der Waals surface area (Å²) in [4.78, 5) is 15.8. The highest BCUT2D eigenvalue weighted by Crippen LogP contribution is 2.28. The van der Waals surface area contributed by atoms with Crippen LogP contribution in [0.15, 0.2) is 23.0 Å². The van der Waals surface area contributed by atoms with Gasteiger partial charge in [0.2, 0.25) is 6.39 Å². The van der Waals surface area contributed by atoms with Gasteiger partial charge >= 0.3 is 0 Å². The van der Waals surface area contributed by atoms with Crippen LogP contribution in [0.4, 0.5) is 5.69 Å². The van der Waals surface area contributed by atoms with Crippen LogP contribution in [0.2, 0.25) is 10.0 Å². The third-order valence-electron chi connectivity index (χ3n) is 2.34. The summed E-state index contributed by atoms with van der Waals surface area (Å²) >= 11 is 11.8. The highest BCUT2D eigenvalue weighted by Gasteiger charge is 2.14. The van der Waals surface area contributed by atoms with Gasteiger partial charge in [-0.15, -0.1) is 0 Å². The van der Waals surface area contributed by atoms with E-state index >= 15 is 0 Å². The number of carbonyl (C=O) groups is 1. The summed E-state index contributed by atoms with van der Waals surface area (Å²) in [7, 11) is 0. The fourth-order valence-electron chi connectivity index (χ4n) is 1.46. The zero-order valence-electron chi connectivity index (χ0n) is 9.69. The SMILES string of the molecule is Nc1cc(Cl)c(Cl)c(C(=O)NCCc2ncon2)c1. The highest BCUT2D eigenvalue weighted by molar-refractivity contribution is 6.44. The van der Waals surface area contributed by atoms with Crippen molar-refractivity contribution in [1.82, 2.24) is 15.5 Å². The summed E-state index contributed by atoms with van der Waals surface area (Å²) in [5.74, 6) is 0.152. The predicted octanol–water partition coefficient (Wildman–Crippen LogP) is 1.93. The zero-order valence-corrected chi connectivity index (χ0v) is 11.2. The summed E-state index contributed by atoms with van der Waals surface area (Å²) < 4.78 is 4.58. The Morgan fingerprint density at radius 3 is 2.89 bits per heavy atom. The summed E-state index contributed by atoms with van der Waals surface area (Å²) in [6.07, 6.45) is 1.68. The molecule has 1 amide bonds. The lowest BCUT2D eigenvalue weighted by atomic mass is 10.2. The Bertz CT molecular complexity index is 587. The minimum atomic E-state index is -0.359. The van der Waals surface area contributed by atoms with Crippen molar-refractivity contribution in [2.45, 2.75) is 6.42 Å². The lowest BCUT2D eigenvalue weighted by Gasteiger charge is -2.08. The van der Waals surface area contributed by atoms with Crippen molar-refractivity contribution < 1.29 is 9.32 Å². The number of nitrogens with zero attached hydrogens (tertiary/aromatic N) is 2. The molecule has 1 aromatic heterocycles. The first-order chi connectivity index (χ1) is 9.08. The van der Waals surface area contributed by atoms with Crippen molar-refractivity contribution in [3.05, 3.63) is 40.0 Å². The predicted molar refractivity (Wildman–Crippen MR) is 71.2 cm³/mol.